The minimum atomic E-state index is -4.80. The predicted octanol–water partition coefficient (Wildman–Crippen LogP) is 10.2. The van der Waals surface area contributed by atoms with Gasteiger partial charge in [-0.15, -0.1) is 11.3 Å². The summed E-state index contributed by atoms with van der Waals surface area (Å²) in [7, 11) is 0. The van der Waals surface area contributed by atoms with Crippen LogP contribution < -0.4 is 25.8 Å². The van der Waals surface area contributed by atoms with Crippen molar-refractivity contribution in [3.8, 4) is 27.6 Å². The molecule has 5 aromatic rings. The molecule has 0 unspecified atom stereocenters. The highest BCUT2D eigenvalue weighted by molar-refractivity contribution is 7.81. The number of aryl methyl sites for hydroxylation is 1. The van der Waals surface area contributed by atoms with Gasteiger partial charge in [-0.1, -0.05) is 69.3 Å². The Morgan fingerprint density at radius 2 is 1.57 bits per heavy atom. The summed E-state index contributed by atoms with van der Waals surface area (Å²) >= 11 is 7.27. The molecule has 4 amide bonds. The van der Waals surface area contributed by atoms with Crippen LogP contribution in [-0.4, -0.2) is 82.6 Å². The lowest BCUT2D eigenvalue weighted by Gasteiger charge is -2.35. The van der Waals surface area contributed by atoms with Crippen molar-refractivity contribution in [2.45, 2.75) is 104 Å². The third kappa shape index (κ3) is 11.8. The maximum absolute atomic E-state index is 14.0. The average Bonchev–Trinajstić information content (AvgIpc) is 4.06. The first-order valence-corrected chi connectivity index (χ1v) is 25.1. The highest BCUT2D eigenvalue weighted by Gasteiger charge is 2.51. The van der Waals surface area contributed by atoms with Crippen LogP contribution in [0.3, 0.4) is 0 Å². The molecule has 2 aliphatic rings. The van der Waals surface area contributed by atoms with Crippen molar-refractivity contribution in [1.82, 2.24) is 20.5 Å². The van der Waals surface area contributed by atoms with Crippen LogP contribution >= 0.6 is 23.6 Å². The maximum Gasteiger partial charge on any atom is 0.417 e. The minimum absolute atomic E-state index is 0.0177. The summed E-state index contributed by atoms with van der Waals surface area (Å²) in [6.07, 6.45) is -2.12. The van der Waals surface area contributed by atoms with Gasteiger partial charge in [0.05, 0.1) is 45.0 Å². The molecule has 1 aromatic heterocycles. The Bertz CT molecular complexity index is 2840. The summed E-state index contributed by atoms with van der Waals surface area (Å²) in [5.41, 5.74) is 4.54. The number of nitrogens with one attached hydrogen (secondary N) is 3. The van der Waals surface area contributed by atoms with E-state index in [1.165, 1.54) is 6.07 Å². The number of alkyl halides is 3. The zero-order chi connectivity index (χ0) is 52.1. The second-order valence-corrected chi connectivity index (χ2v) is 20.9. The molecule has 2 aliphatic heterocycles. The normalized spacial score (nSPS) is 16.6. The molecule has 7 rings (SSSR count). The van der Waals surface area contributed by atoms with Crippen LogP contribution in [0.2, 0.25) is 0 Å². The molecule has 4 aromatic carbocycles. The van der Waals surface area contributed by atoms with Gasteiger partial charge in [-0.25, -0.2) is 4.98 Å². The van der Waals surface area contributed by atoms with E-state index in [-0.39, 0.29) is 35.3 Å². The van der Waals surface area contributed by atoms with Gasteiger partial charge >= 0.3 is 6.18 Å². The van der Waals surface area contributed by atoms with Crippen LogP contribution in [0.25, 0.3) is 21.6 Å². The SMILES string of the molecule is Cc1ncsc1-c1ccc([C@H](C)NC(=O)[C@@H]2CCCN2C(=O)[C@@H](NC(=O)COCCCCNc2ccc(-c3ccc(N4C(=S)N(c5ccc(C#N)c(C(F)(F)F)c5)C(=O)C4(C)C)cc3)cc2)C(C)(C)C)cc1. The van der Waals surface area contributed by atoms with Crippen molar-refractivity contribution >= 4 is 69.4 Å². The molecule has 3 N–H and O–H groups in total. The molecule has 3 heterocycles. The first kappa shape index (κ1) is 53.1. The molecule has 72 heavy (non-hydrogen) atoms. The van der Waals surface area contributed by atoms with E-state index in [0.717, 1.165) is 62.0 Å². The summed E-state index contributed by atoms with van der Waals surface area (Å²) in [6, 6.07) is 26.2. The van der Waals surface area contributed by atoms with Crippen LogP contribution in [0.5, 0.6) is 0 Å². The largest absolute Gasteiger partial charge is 0.417 e. The lowest BCUT2D eigenvalue weighted by Crippen LogP contribution is -2.58. The highest BCUT2D eigenvalue weighted by Crippen LogP contribution is 2.40. The number of likely N-dealkylation sites (tertiary alicyclic amines) is 1. The smallest absolute Gasteiger partial charge is 0.385 e. The molecule has 18 heteroatoms. The molecule has 2 saturated heterocycles. The van der Waals surface area contributed by atoms with E-state index < -0.39 is 52.2 Å². The number of thiazole rings is 1. The number of thiocarbonyl (C=S) groups is 1. The summed E-state index contributed by atoms with van der Waals surface area (Å²) < 4.78 is 47.0. The maximum atomic E-state index is 14.0. The Morgan fingerprint density at radius 1 is 0.931 bits per heavy atom. The third-order valence-corrected chi connectivity index (χ3v) is 14.4. The van der Waals surface area contributed by atoms with Gasteiger partial charge in [0.25, 0.3) is 5.91 Å². The summed E-state index contributed by atoms with van der Waals surface area (Å²) in [5.74, 6) is -1.42. The number of rotatable bonds is 17. The Balaban J connectivity index is 0.839. The standard InChI is InChI=1S/C54H59F3N8O5S2/c1-33(35-12-14-38(15-13-35)46-34(2)60-32-72-46)61-48(67)44-11-10-27-63(44)49(68)47(52(3,4)5)62-45(66)31-70-28-9-8-26-59-40-21-16-36(17-22-40)37-18-23-41(24-19-37)65-51(71)64(50(69)53(65,6)7)42-25-20-39(30-58)43(29-42)54(55,56)57/h12-25,29,32-33,44,47,59H,8-11,26-28,31H2,1-7H3,(H,61,67)(H,62,66)/t33-,44-,47+/m0/s1. The van der Waals surface area contributed by atoms with Gasteiger partial charge in [-0.05, 0) is 136 Å². The second-order valence-electron chi connectivity index (χ2n) is 19.6. The van der Waals surface area contributed by atoms with Crippen molar-refractivity contribution < 1.29 is 37.1 Å². The average molecular weight is 1020 g/mol. The number of halogens is 3. The van der Waals surface area contributed by atoms with Crippen LogP contribution in [0.15, 0.2) is 96.5 Å². The first-order valence-electron chi connectivity index (χ1n) is 23.8. The number of hydrogen-bond donors (Lipinski definition) is 3. The quantitative estimate of drug-likeness (QED) is 0.0604. The van der Waals surface area contributed by atoms with Crippen molar-refractivity contribution in [3.63, 3.8) is 0 Å². The van der Waals surface area contributed by atoms with E-state index in [9.17, 15) is 37.6 Å². The molecule has 0 spiro atoms. The van der Waals surface area contributed by atoms with Gasteiger partial charge in [0, 0.05) is 31.1 Å². The van der Waals surface area contributed by atoms with E-state index in [2.05, 4.69) is 20.9 Å². The molecule has 2 fully saturated rings. The topological polar surface area (TPSA) is 160 Å². The number of ether oxygens (including phenoxy) is 1. The number of nitriles is 1. The molecular weight excluding hydrogens is 962 g/mol. The van der Waals surface area contributed by atoms with Gasteiger partial charge < -0.3 is 30.5 Å². The second kappa shape index (κ2) is 22.0. The van der Waals surface area contributed by atoms with Crippen LogP contribution in [0.4, 0.5) is 30.2 Å². The number of carbonyl (C=O) groups excluding carboxylic acids is 4. The zero-order valence-corrected chi connectivity index (χ0v) is 43.0. The molecule has 13 nitrogen and oxygen atoms in total. The summed E-state index contributed by atoms with van der Waals surface area (Å²) in [5, 5.41) is 18.7. The minimum Gasteiger partial charge on any atom is -0.385 e. The van der Waals surface area contributed by atoms with Crippen LogP contribution in [0, 0.1) is 23.7 Å². The third-order valence-electron chi connectivity index (χ3n) is 13.0. The van der Waals surface area contributed by atoms with Crippen LogP contribution in [0.1, 0.15) is 95.7 Å². The zero-order valence-electron chi connectivity index (χ0n) is 41.4. The molecule has 378 valence electrons. The number of nitrogens with zero attached hydrogens (tertiary/aromatic N) is 5. The number of carbonyl (C=O) groups is 4. The van der Waals surface area contributed by atoms with Crippen molar-refractivity contribution in [2.75, 3.05) is 41.4 Å². The Kier molecular flexibility index (Phi) is 16.2. The molecule has 0 bridgehead atoms. The van der Waals surface area contributed by atoms with Gasteiger partial charge in [-0.2, -0.15) is 18.4 Å². The Labute approximate surface area is 427 Å². The molecular formula is C54H59F3N8O5S2. The van der Waals surface area contributed by atoms with E-state index in [0.29, 0.717) is 44.6 Å². The number of benzene rings is 4. The highest BCUT2D eigenvalue weighted by atomic mass is 32.1. The fourth-order valence-corrected chi connectivity index (χ4v) is 10.3. The number of amides is 4. The Hall–Kier alpha value is -6.68. The number of unbranched alkanes of at least 4 members (excludes halogenated alkanes) is 1. The lowest BCUT2D eigenvalue weighted by molar-refractivity contribution is -0.144. The van der Waals surface area contributed by atoms with Crippen LogP contribution in [-0.2, 0) is 30.1 Å². The van der Waals surface area contributed by atoms with Gasteiger partial charge in [-0.3, -0.25) is 24.1 Å². The fourth-order valence-electron chi connectivity index (χ4n) is 8.98. The Morgan fingerprint density at radius 3 is 2.18 bits per heavy atom. The summed E-state index contributed by atoms with van der Waals surface area (Å²) in [6.45, 7) is 14.1. The first-order chi connectivity index (χ1) is 34.1. The lowest BCUT2D eigenvalue weighted by atomic mass is 9.85. The van der Waals surface area contributed by atoms with E-state index in [1.54, 1.807) is 53.2 Å². The van der Waals surface area contributed by atoms with Crippen molar-refractivity contribution in [1.29, 1.82) is 5.26 Å². The van der Waals surface area contributed by atoms with Gasteiger partial charge in [0.15, 0.2) is 5.11 Å². The molecule has 0 radical (unpaired) electrons. The van der Waals surface area contributed by atoms with E-state index >= 15 is 0 Å². The van der Waals surface area contributed by atoms with E-state index in [1.807, 2.05) is 101 Å². The monoisotopic (exact) mass is 1020 g/mol. The molecule has 0 aliphatic carbocycles. The number of aromatic nitrogens is 1. The molecule has 0 saturated carbocycles. The van der Waals surface area contributed by atoms with Crippen molar-refractivity contribution in [3.05, 3.63) is 119 Å². The van der Waals surface area contributed by atoms with Crippen molar-refractivity contribution in [2.24, 2.45) is 5.41 Å². The fraction of sp³-hybridized carbons (Fsp3) is 0.389. The number of anilines is 3. The van der Waals surface area contributed by atoms with Gasteiger partial charge in [0.1, 0.15) is 24.2 Å². The van der Waals surface area contributed by atoms with E-state index in [4.69, 9.17) is 17.0 Å². The van der Waals surface area contributed by atoms with Gasteiger partial charge in [0.2, 0.25) is 17.7 Å². The molecule has 3 atom stereocenters. The predicted molar refractivity (Wildman–Crippen MR) is 278 cm³/mol. The summed E-state index contributed by atoms with van der Waals surface area (Å²) in [4.78, 5) is 64.2. The number of hydrogen-bond acceptors (Lipinski definition) is 10.